The minimum Gasteiger partial charge on any atom is -0.376 e. The lowest BCUT2D eigenvalue weighted by Crippen LogP contribution is -2.35. The maximum atomic E-state index is 11.9. The van der Waals surface area contributed by atoms with Crippen LogP contribution in [0.3, 0.4) is 0 Å². The lowest BCUT2D eigenvalue weighted by Gasteiger charge is -2.19. The molecule has 0 heterocycles. The van der Waals surface area contributed by atoms with Crippen LogP contribution in [-0.2, 0) is 4.79 Å². The number of carbonyl (C=O) groups is 1. The Labute approximate surface area is 113 Å². The van der Waals surface area contributed by atoms with Crippen LogP contribution in [0, 0.1) is 0 Å². The van der Waals surface area contributed by atoms with Crippen molar-refractivity contribution in [1.82, 2.24) is 0 Å². The van der Waals surface area contributed by atoms with Gasteiger partial charge in [-0.2, -0.15) is 0 Å². The van der Waals surface area contributed by atoms with E-state index in [4.69, 9.17) is 17.3 Å². The monoisotopic (exact) mass is 269 g/mol. The van der Waals surface area contributed by atoms with Crippen molar-refractivity contribution in [2.24, 2.45) is 5.73 Å². The average Bonchev–Trinajstić information content (AvgIpc) is 2.28. The van der Waals surface area contributed by atoms with Gasteiger partial charge < -0.3 is 16.0 Å². The van der Waals surface area contributed by atoms with Crippen LogP contribution in [0.15, 0.2) is 18.2 Å². The molecule has 0 saturated carbocycles. The predicted molar refractivity (Wildman–Crippen MR) is 77.3 cm³/mol. The highest BCUT2D eigenvalue weighted by Crippen LogP contribution is 2.27. The van der Waals surface area contributed by atoms with Gasteiger partial charge in [-0.1, -0.05) is 24.9 Å². The van der Waals surface area contributed by atoms with E-state index in [1.165, 1.54) is 0 Å². The highest BCUT2D eigenvalue weighted by molar-refractivity contribution is 6.31. The zero-order valence-corrected chi connectivity index (χ0v) is 11.8. The third-order valence-electron chi connectivity index (χ3n) is 2.63. The lowest BCUT2D eigenvalue weighted by atomic mass is 10.1. The fourth-order valence-corrected chi connectivity index (χ4v) is 1.84. The molecule has 1 atom stereocenters. The summed E-state index contributed by atoms with van der Waals surface area (Å²) in [5.41, 5.74) is 7.36. The van der Waals surface area contributed by atoms with Crippen molar-refractivity contribution in [3.05, 3.63) is 23.2 Å². The summed E-state index contributed by atoms with van der Waals surface area (Å²) in [5.74, 6) is -0.179. The molecule has 1 aromatic rings. The molecular formula is C13H20ClN3O. The first kappa shape index (κ1) is 14.8. The number of carbonyl (C=O) groups excluding carboxylic acids is 1. The third-order valence-corrected chi connectivity index (χ3v) is 2.87. The minimum absolute atomic E-state index is 0.179. The Bertz CT molecular complexity index is 421. The Morgan fingerprint density at radius 2 is 2.17 bits per heavy atom. The summed E-state index contributed by atoms with van der Waals surface area (Å²) in [6, 6.07) is 4.90. The number of benzene rings is 1. The molecule has 0 bridgehead atoms. The summed E-state index contributed by atoms with van der Waals surface area (Å²) >= 11 is 5.94. The maximum absolute atomic E-state index is 11.9. The molecule has 100 valence electrons. The first-order valence-corrected chi connectivity index (χ1v) is 6.36. The molecule has 0 fully saturated rings. The van der Waals surface area contributed by atoms with Gasteiger partial charge in [0.15, 0.2) is 0 Å². The standard InChI is InChI=1S/C13H20ClN3O/c1-4-5-10(15)13(18)16-11-8-9(14)6-7-12(11)17(2)3/h6-8,10H,4-5,15H2,1-3H3,(H,16,18)/t10-/m1/s1. The Morgan fingerprint density at radius 1 is 1.50 bits per heavy atom. The molecule has 1 aromatic carbocycles. The highest BCUT2D eigenvalue weighted by atomic mass is 35.5. The van der Waals surface area contributed by atoms with Crippen LogP contribution in [0.2, 0.25) is 5.02 Å². The largest absolute Gasteiger partial charge is 0.376 e. The molecule has 0 aliphatic heterocycles. The van der Waals surface area contributed by atoms with E-state index < -0.39 is 6.04 Å². The van der Waals surface area contributed by atoms with Crippen molar-refractivity contribution in [2.45, 2.75) is 25.8 Å². The van der Waals surface area contributed by atoms with Gasteiger partial charge in [-0.25, -0.2) is 0 Å². The summed E-state index contributed by atoms with van der Waals surface area (Å²) in [4.78, 5) is 13.8. The zero-order chi connectivity index (χ0) is 13.7. The van der Waals surface area contributed by atoms with Gasteiger partial charge in [0.1, 0.15) is 0 Å². The molecule has 0 unspecified atom stereocenters. The van der Waals surface area contributed by atoms with E-state index in [0.29, 0.717) is 17.1 Å². The van der Waals surface area contributed by atoms with Crippen LogP contribution in [0.5, 0.6) is 0 Å². The van der Waals surface area contributed by atoms with Gasteiger partial charge in [0.25, 0.3) is 0 Å². The second-order valence-electron chi connectivity index (χ2n) is 4.44. The van der Waals surface area contributed by atoms with Crippen LogP contribution in [0.25, 0.3) is 0 Å². The molecule has 0 radical (unpaired) electrons. The van der Waals surface area contributed by atoms with Gasteiger partial charge in [0, 0.05) is 19.1 Å². The minimum atomic E-state index is -0.482. The summed E-state index contributed by atoms with van der Waals surface area (Å²) in [6.07, 6.45) is 1.55. The second kappa shape index (κ2) is 6.61. The van der Waals surface area contributed by atoms with E-state index in [0.717, 1.165) is 12.1 Å². The summed E-state index contributed by atoms with van der Waals surface area (Å²) in [6.45, 7) is 2.00. The molecule has 1 rings (SSSR count). The molecule has 0 aliphatic carbocycles. The Morgan fingerprint density at radius 3 is 2.72 bits per heavy atom. The van der Waals surface area contributed by atoms with Crippen molar-refractivity contribution >= 4 is 28.9 Å². The first-order valence-electron chi connectivity index (χ1n) is 5.99. The molecule has 3 N–H and O–H groups in total. The Kier molecular flexibility index (Phi) is 5.44. The van der Waals surface area contributed by atoms with E-state index in [1.807, 2.05) is 32.0 Å². The van der Waals surface area contributed by atoms with E-state index in [-0.39, 0.29) is 5.91 Å². The lowest BCUT2D eigenvalue weighted by molar-refractivity contribution is -0.117. The molecule has 5 heteroatoms. The number of hydrogen-bond donors (Lipinski definition) is 2. The van der Waals surface area contributed by atoms with Gasteiger partial charge in [0.05, 0.1) is 17.4 Å². The molecular weight excluding hydrogens is 250 g/mol. The fourth-order valence-electron chi connectivity index (χ4n) is 1.67. The van der Waals surface area contributed by atoms with Crippen LogP contribution in [-0.4, -0.2) is 26.0 Å². The third kappa shape index (κ3) is 3.89. The topological polar surface area (TPSA) is 58.4 Å². The first-order chi connectivity index (χ1) is 8.45. The quantitative estimate of drug-likeness (QED) is 0.863. The fraction of sp³-hybridized carbons (Fsp3) is 0.462. The molecule has 18 heavy (non-hydrogen) atoms. The van der Waals surface area contributed by atoms with Gasteiger partial charge in [-0.3, -0.25) is 4.79 Å². The number of amides is 1. The van der Waals surface area contributed by atoms with Crippen molar-refractivity contribution in [2.75, 3.05) is 24.3 Å². The van der Waals surface area contributed by atoms with Crippen LogP contribution in [0.1, 0.15) is 19.8 Å². The molecule has 4 nitrogen and oxygen atoms in total. The number of rotatable bonds is 5. The van der Waals surface area contributed by atoms with Gasteiger partial charge >= 0.3 is 0 Å². The molecule has 1 amide bonds. The summed E-state index contributed by atoms with van der Waals surface area (Å²) in [5, 5.41) is 3.41. The predicted octanol–water partition coefficient (Wildman–Crippen LogP) is 2.47. The second-order valence-corrected chi connectivity index (χ2v) is 4.88. The van der Waals surface area contributed by atoms with Gasteiger partial charge in [-0.05, 0) is 24.6 Å². The van der Waals surface area contributed by atoms with Crippen LogP contribution in [0.4, 0.5) is 11.4 Å². The number of nitrogens with zero attached hydrogens (tertiary/aromatic N) is 1. The van der Waals surface area contributed by atoms with Crippen molar-refractivity contribution in [1.29, 1.82) is 0 Å². The van der Waals surface area contributed by atoms with E-state index in [2.05, 4.69) is 5.32 Å². The molecule has 0 spiro atoms. The Balaban J connectivity index is 2.89. The smallest absolute Gasteiger partial charge is 0.241 e. The number of anilines is 2. The highest BCUT2D eigenvalue weighted by Gasteiger charge is 2.15. The van der Waals surface area contributed by atoms with Crippen molar-refractivity contribution < 1.29 is 4.79 Å². The average molecular weight is 270 g/mol. The number of nitrogens with one attached hydrogen (secondary N) is 1. The SMILES string of the molecule is CCC[C@@H](N)C(=O)Nc1cc(Cl)ccc1N(C)C. The Hall–Kier alpha value is -1.26. The molecule has 0 saturated heterocycles. The molecule has 0 aromatic heterocycles. The van der Waals surface area contributed by atoms with E-state index in [1.54, 1.807) is 12.1 Å². The summed E-state index contributed by atoms with van der Waals surface area (Å²) in [7, 11) is 3.82. The van der Waals surface area contributed by atoms with Crippen LogP contribution < -0.4 is 16.0 Å². The number of halogens is 1. The normalized spacial score (nSPS) is 12.1. The van der Waals surface area contributed by atoms with Gasteiger partial charge in [0.2, 0.25) is 5.91 Å². The maximum Gasteiger partial charge on any atom is 0.241 e. The zero-order valence-electron chi connectivity index (χ0n) is 11.0. The molecule has 0 aliphatic rings. The van der Waals surface area contributed by atoms with Crippen molar-refractivity contribution in [3.8, 4) is 0 Å². The van der Waals surface area contributed by atoms with Gasteiger partial charge in [-0.15, -0.1) is 0 Å². The number of hydrogen-bond acceptors (Lipinski definition) is 3. The summed E-state index contributed by atoms with van der Waals surface area (Å²) < 4.78 is 0. The van der Waals surface area contributed by atoms with E-state index in [9.17, 15) is 4.79 Å². The van der Waals surface area contributed by atoms with Crippen LogP contribution >= 0.6 is 11.6 Å². The number of nitrogens with two attached hydrogens (primary N) is 1. The van der Waals surface area contributed by atoms with Crippen molar-refractivity contribution in [3.63, 3.8) is 0 Å². The van der Waals surface area contributed by atoms with E-state index >= 15 is 0 Å².